The number of nitrogens with one attached hydrogen (secondary N) is 1. The topological polar surface area (TPSA) is 127 Å². The van der Waals surface area contributed by atoms with Crippen molar-refractivity contribution in [2.45, 2.75) is 91.0 Å². The number of nitrogens with zero attached hydrogens (tertiary/aromatic N) is 3. The number of carbonyl (C=O) groups is 3. The molecule has 0 atom stereocenters. The van der Waals surface area contributed by atoms with Crippen LogP contribution in [0.25, 0.3) is 0 Å². The SMILES string of the molecule is CC(C)(C)OC(=O)N1CCC(CN)(C(=O)Nc2cc(C(F)(F)F)ccn2)CC1.CC(C)(C)OC(=O)N1CCCCC1. The van der Waals surface area contributed by atoms with E-state index < -0.39 is 34.8 Å². The molecule has 232 valence electrons. The van der Waals surface area contributed by atoms with E-state index in [1.807, 2.05) is 20.8 Å². The van der Waals surface area contributed by atoms with E-state index in [1.165, 1.54) is 11.3 Å². The fourth-order valence-corrected chi connectivity index (χ4v) is 4.29. The zero-order chi connectivity index (χ0) is 31.1. The largest absolute Gasteiger partial charge is 0.444 e. The number of hydrogen-bond acceptors (Lipinski definition) is 7. The van der Waals surface area contributed by atoms with Gasteiger partial charge < -0.3 is 30.3 Å². The van der Waals surface area contributed by atoms with Crippen LogP contribution in [-0.2, 0) is 20.4 Å². The maximum atomic E-state index is 12.8. The van der Waals surface area contributed by atoms with Crippen molar-refractivity contribution in [3.8, 4) is 0 Å². The molecule has 0 radical (unpaired) electrons. The normalized spacial score (nSPS) is 17.6. The fourth-order valence-electron chi connectivity index (χ4n) is 4.29. The van der Waals surface area contributed by atoms with Gasteiger partial charge in [-0.05, 0) is 85.8 Å². The number of anilines is 1. The third-order valence-electron chi connectivity index (χ3n) is 6.58. The molecule has 3 amide bonds. The van der Waals surface area contributed by atoms with Crippen LogP contribution in [-0.4, -0.2) is 76.8 Å². The highest BCUT2D eigenvalue weighted by atomic mass is 19.4. The Morgan fingerprint density at radius 1 is 0.902 bits per heavy atom. The van der Waals surface area contributed by atoms with Gasteiger partial charge in [0.1, 0.15) is 17.0 Å². The summed E-state index contributed by atoms with van der Waals surface area (Å²) in [4.78, 5) is 43.5. The first-order valence-corrected chi connectivity index (χ1v) is 13.9. The predicted octanol–water partition coefficient (Wildman–Crippen LogP) is 5.42. The lowest BCUT2D eigenvalue weighted by molar-refractivity contribution is -0.137. The highest BCUT2D eigenvalue weighted by molar-refractivity contribution is 5.95. The molecule has 2 aliphatic heterocycles. The van der Waals surface area contributed by atoms with Crippen LogP contribution >= 0.6 is 0 Å². The lowest BCUT2D eigenvalue weighted by atomic mass is 9.77. The molecule has 2 aliphatic rings. The van der Waals surface area contributed by atoms with Crippen molar-refractivity contribution >= 4 is 23.9 Å². The zero-order valence-corrected chi connectivity index (χ0v) is 24.9. The Hall–Kier alpha value is -3.09. The summed E-state index contributed by atoms with van der Waals surface area (Å²) in [6.45, 7) is 13.2. The van der Waals surface area contributed by atoms with E-state index in [-0.39, 0.29) is 50.0 Å². The molecule has 0 bridgehead atoms. The molecule has 0 saturated carbocycles. The Morgan fingerprint density at radius 2 is 1.39 bits per heavy atom. The fraction of sp³-hybridized carbons (Fsp3) is 0.714. The first-order chi connectivity index (χ1) is 18.8. The van der Waals surface area contributed by atoms with Gasteiger partial charge in [-0.25, -0.2) is 14.6 Å². The van der Waals surface area contributed by atoms with Crippen molar-refractivity contribution in [2.75, 3.05) is 38.0 Å². The van der Waals surface area contributed by atoms with Gasteiger partial charge in [-0.1, -0.05) is 0 Å². The first-order valence-electron chi connectivity index (χ1n) is 13.9. The Bertz CT molecular complexity index is 1040. The third-order valence-corrected chi connectivity index (χ3v) is 6.58. The van der Waals surface area contributed by atoms with Crippen molar-refractivity contribution in [1.82, 2.24) is 14.8 Å². The van der Waals surface area contributed by atoms with Gasteiger partial charge in [0, 0.05) is 38.9 Å². The molecule has 3 N–H and O–H groups in total. The quantitative estimate of drug-likeness (QED) is 0.483. The van der Waals surface area contributed by atoms with Crippen LogP contribution in [0.15, 0.2) is 18.3 Å². The van der Waals surface area contributed by atoms with Crippen LogP contribution in [0.1, 0.15) is 79.2 Å². The smallest absolute Gasteiger partial charge is 0.416 e. The molecule has 3 rings (SSSR count). The Balaban J connectivity index is 0.000000377. The third kappa shape index (κ3) is 11.0. The summed E-state index contributed by atoms with van der Waals surface area (Å²) < 4.78 is 49.1. The Morgan fingerprint density at radius 3 is 1.83 bits per heavy atom. The molecule has 10 nitrogen and oxygen atoms in total. The van der Waals surface area contributed by atoms with Crippen LogP contribution in [0.5, 0.6) is 0 Å². The number of rotatable bonds is 3. The number of halogens is 3. The van der Waals surface area contributed by atoms with Crippen molar-refractivity contribution < 1.29 is 37.0 Å². The molecular weight excluding hydrogens is 543 g/mol. The molecule has 1 aromatic heterocycles. The lowest BCUT2D eigenvalue weighted by Gasteiger charge is -2.40. The van der Waals surface area contributed by atoms with E-state index in [2.05, 4.69) is 10.3 Å². The Labute approximate surface area is 240 Å². The molecule has 2 saturated heterocycles. The molecule has 0 aromatic carbocycles. The van der Waals surface area contributed by atoms with E-state index >= 15 is 0 Å². The van der Waals surface area contributed by atoms with Gasteiger partial charge in [0.2, 0.25) is 5.91 Å². The minimum atomic E-state index is -4.53. The van der Waals surface area contributed by atoms with Gasteiger partial charge >= 0.3 is 18.4 Å². The van der Waals surface area contributed by atoms with E-state index in [0.29, 0.717) is 0 Å². The van der Waals surface area contributed by atoms with Crippen LogP contribution in [0.4, 0.5) is 28.6 Å². The number of likely N-dealkylation sites (tertiary alicyclic amines) is 2. The second kappa shape index (κ2) is 13.7. The highest BCUT2D eigenvalue weighted by Crippen LogP contribution is 2.34. The molecular formula is C28H44F3N5O5. The number of aromatic nitrogens is 1. The average Bonchev–Trinajstić information content (AvgIpc) is 2.87. The molecule has 0 spiro atoms. The summed E-state index contributed by atoms with van der Waals surface area (Å²) >= 11 is 0. The molecule has 2 fully saturated rings. The summed E-state index contributed by atoms with van der Waals surface area (Å²) in [6.07, 6.45) is -0.185. The molecule has 0 aliphatic carbocycles. The molecule has 13 heteroatoms. The predicted molar refractivity (Wildman–Crippen MR) is 148 cm³/mol. The average molecular weight is 588 g/mol. The molecule has 1 aromatic rings. The van der Waals surface area contributed by atoms with Crippen molar-refractivity contribution in [2.24, 2.45) is 11.1 Å². The number of pyridine rings is 1. The van der Waals surface area contributed by atoms with Gasteiger partial charge in [0.05, 0.1) is 11.0 Å². The summed E-state index contributed by atoms with van der Waals surface area (Å²) in [6, 6.07) is 1.60. The van der Waals surface area contributed by atoms with Crippen molar-refractivity contribution in [3.05, 3.63) is 23.9 Å². The standard InChI is InChI=1S/C18H25F3N4O3.C10H19NO2/c1-16(2,3)28-15(27)25-8-5-17(11-22,6-9-25)14(26)24-13-10-12(4-7-23-13)18(19,20)21;1-10(2,3)13-9(12)11-7-5-4-6-8-11/h4,7,10H,5-6,8-9,11,22H2,1-3H3,(H,23,24,26);4-8H2,1-3H3. The van der Waals surface area contributed by atoms with E-state index in [4.69, 9.17) is 15.2 Å². The van der Waals surface area contributed by atoms with Crippen LogP contribution < -0.4 is 11.1 Å². The van der Waals surface area contributed by atoms with Gasteiger partial charge in [-0.2, -0.15) is 13.2 Å². The van der Waals surface area contributed by atoms with Crippen molar-refractivity contribution in [3.63, 3.8) is 0 Å². The minimum absolute atomic E-state index is 0.0000463. The van der Waals surface area contributed by atoms with Gasteiger partial charge in [0.15, 0.2) is 0 Å². The summed E-state index contributed by atoms with van der Waals surface area (Å²) in [7, 11) is 0. The van der Waals surface area contributed by atoms with Crippen LogP contribution in [0.2, 0.25) is 0 Å². The number of piperidine rings is 2. The monoisotopic (exact) mass is 587 g/mol. The number of nitrogens with two attached hydrogens (primary N) is 1. The minimum Gasteiger partial charge on any atom is -0.444 e. The van der Waals surface area contributed by atoms with Gasteiger partial charge in [0.25, 0.3) is 0 Å². The van der Waals surface area contributed by atoms with Gasteiger partial charge in [-0.15, -0.1) is 0 Å². The Kier molecular flexibility index (Phi) is 11.4. The number of ether oxygens (including phenoxy) is 2. The summed E-state index contributed by atoms with van der Waals surface area (Å²) in [5.41, 5.74) is 2.92. The number of alkyl halides is 3. The van der Waals surface area contributed by atoms with E-state index in [0.717, 1.165) is 44.3 Å². The number of amides is 3. The van der Waals surface area contributed by atoms with Crippen molar-refractivity contribution in [1.29, 1.82) is 0 Å². The molecule has 0 unspecified atom stereocenters. The number of hydrogen-bond donors (Lipinski definition) is 2. The zero-order valence-electron chi connectivity index (χ0n) is 24.9. The number of carbonyl (C=O) groups excluding carboxylic acids is 3. The lowest BCUT2D eigenvalue weighted by Crippen LogP contribution is -2.52. The van der Waals surface area contributed by atoms with Crippen LogP contribution in [0.3, 0.4) is 0 Å². The molecule has 41 heavy (non-hydrogen) atoms. The highest BCUT2D eigenvalue weighted by Gasteiger charge is 2.42. The summed E-state index contributed by atoms with van der Waals surface area (Å²) in [5, 5.41) is 2.43. The van der Waals surface area contributed by atoms with Gasteiger partial charge in [-0.3, -0.25) is 4.79 Å². The maximum Gasteiger partial charge on any atom is 0.416 e. The maximum absolute atomic E-state index is 12.8. The second-order valence-corrected chi connectivity index (χ2v) is 12.4. The van der Waals surface area contributed by atoms with E-state index in [1.54, 1.807) is 25.7 Å². The molecule has 3 heterocycles. The second-order valence-electron chi connectivity index (χ2n) is 12.4. The van der Waals surface area contributed by atoms with Crippen LogP contribution in [0, 0.1) is 5.41 Å². The first kappa shape index (κ1) is 34.1. The van der Waals surface area contributed by atoms with E-state index in [9.17, 15) is 27.6 Å². The summed E-state index contributed by atoms with van der Waals surface area (Å²) in [5.74, 6) is -0.701.